The summed E-state index contributed by atoms with van der Waals surface area (Å²) in [4.78, 5) is 14.1. The van der Waals surface area contributed by atoms with E-state index in [0.29, 0.717) is 24.0 Å². The van der Waals surface area contributed by atoms with E-state index in [-0.39, 0.29) is 12.0 Å². The third-order valence-corrected chi connectivity index (χ3v) is 6.99. The highest BCUT2D eigenvalue weighted by Crippen LogP contribution is 2.49. The number of likely N-dealkylation sites (tertiary alicyclic amines) is 1. The molecule has 1 saturated carbocycles. The van der Waals surface area contributed by atoms with E-state index in [2.05, 4.69) is 0 Å². The van der Waals surface area contributed by atoms with Gasteiger partial charge in [0.05, 0.1) is 18.8 Å². The average molecular weight is 485 g/mol. The Labute approximate surface area is 189 Å². The van der Waals surface area contributed by atoms with Crippen LogP contribution in [0.25, 0.3) is 11.1 Å². The molecule has 5 nitrogen and oxygen atoms in total. The molecule has 2 aromatic carbocycles. The predicted molar refractivity (Wildman–Crippen MR) is 115 cm³/mol. The number of hydrogen-bond acceptors (Lipinski definition) is 3. The lowest BCUT2D eigenvalue weighted by Crippen LogP contribution is -2.52. The van der Waals surface area contributed by atoms with Crippen LogP contribution >= 0.6 is 0 Å². The van der Waals surface area contributed by atoms with Crippen molar-refractivity contribution >= 4 is 15.9 Å². The lowest BCUT2D eigenvalue weighted by Gasteiger charge is -2.30. The normalized spacial score (nSPS) is 23.5. The Balaban J connectivity index is 1.69. The first-order valence-electron chi connectivity index (χ1n) is 10.5. The minimum atomic E-state index is -3.98. The molecule has 0 aromatic heterocycles. The molecule has 0 radical (unpaired) electrons. The van der Waals surface area contributed by atoms with Crippen molar-refractivity contribution in [2.24, 2.45) is 5.41 Å². The zero-order chi connectivity index (χ0) is 24.2. The van der Waals surface area contributed by atoms with E-state index in [0.717, 1.165) is 29.4 Å². The Kier molecular flexibility index (Phi) is 5.81. The topological polar surface area (TPSA) is 66.5 Å². The van der Waals surface area contributed by atoms with Crippen LogP contribution in [0.2, 0.25) is 0 Å². The second kappa shape index (κ2) is 8.09. The highest BCUT2D eigenvalue weighted by molar-refractivity contribution is 7.88. The molecular weight excluding hydrogens is 460 g/mol. The number of amides is 1. The maximum Gasteiger partial charge on any atom is 0.283 e. The molecule has 1 saturated heterocycles. The Hall–Kier alpha value is -2.46. The van der Waals surface area contributed by atoms with E-state index < -0.39 is 57.5 Å². The molecule has 2 aromatic rings. The molecule has 2 atom stereocenters. The minimum absolute atomic E-state index is 0.0593. The molecule has 0 unspecified atom stereocenters. The number of benzene rings is 2. The van der Waals surface area contributed by atoms with Crippen LogP contribution in [0, 0.1) is 17.0 Å². The van der Waals surface area contributed by atoms with Crippen molar-refractivity contribution < 1.29 is 30.8 Å². The van der Waals surface area contributed by atoms with E-state index in [1.54, 1.807) is 31.2 Å². The molecule has 0 bridgehead atoms. The number of rotatable bonds is 6. The van der Waals surface area contributed by atoms with Crippen molar-refractivity contribution in [3.8, 4) is 11.1 Å². The first-order valence-corrected chi connectivity index (χ1v) is 12.4. The van der Waals surface area contributed by atoms with Crippen molar-refractivity contribution in [3.63, 3.8) is 0 Å². The fraction of sp³-hybridized carbons (Fsp3) is 0.435. The third-order valence-electron chi connectivity index (χ3n) is 6.31. The molecule has 4 rings (SSSR count). The van der Waals surface area contributed by atoms with E-state index >= 15 is 0 Å². The van der Waals surface area contributed by atoms with E-state index in [4.69, 9.17) is 0 Å². The summed E-state index contributed by atoms with van der Waals surface area (Å²) in [6.45, 7) is 0.828. The van der Waals surface area contributed by atoms with Crippen LogP contribution in [0.5, 0.6) is 0 Å². The molecule has 33 heavy (non-hydrogen) atoms. The number of halogens is 4. The summed E-state index contributed by atoms with van der Waals surface area (Å²) >= 11 is 0. The van der Waals surface area contributed by atoms with Gasteiger partial charge in [-0.15, -0.1) is 0 Å². The van der Waals surface area contributed by atoms with Gasteiger partial charge in [-0.1, -0.05) is 31.2 Å². The Morgan fingerprint density at radius 1 is 1.09 bits per heavy atom. The summed E-state index contributed by atoms with van der Waals surface area (Å²) in [6.07, 6.45) is 1.92. The number of carbonyl (C=O) groups is 1. The van der Waals surface area contributed by atoms with Gasteiger partial charge in [0.1, 0.15) is 17.7 Å². The highest BCUT2D eigenvalue weighted by Gasteiger charge is 2.60. The maximum absolute atomic E-state index is 14.9. The molecule has 2 fully saturated rings. The number of sulfonamides is 1. The molecule has 2 aliphatic rings. The minimum Gasteiger partial charge on any atom is -0.331 e. The van der Waals surface area contributed by atoms with Crippen LogP contribution in [0.3, 0.4) is 0 Å². The van der Waals surface area contributed by atoms with Gasteiger partial charge in [0.25, 0.3) is 5.92 Å². The van der Waals surface area contributed by atoms with Gasteiger partial charge in [-0.2, -0.15) is 0 Å². The van der Waals surface area contributed by atoms with Gasteiger partial charge in [-0.05, 0) is 48.1 Å². The summed E-state index contributed by atoms with van der Waals surface area (Å²) < 4.78 is 82.9. The highest BCUT2D eigenvalue weighted by atomic mass is 32.2. The number of nitrogens with one attached hydrogen (secondary N) is 1. The van der Waals surface area contributed by atoms with Crippen LogP contribution < -0.4 is 4.72 Å². The molecule has 1 aliphatic heterocycles. The van der Waals surface area contributed by atoms with Gasteiger partial charge < -0.3 is 4.90 Å². The Morgan fingerprint density at radius 3 is 2.30 bits per heavy atom. The lowest BCUT2D eigenvalue weighted by atomic mass is 9.95. The molecule has 10 heteroatoms. The van der Waals surface area contributed by atoms with E-state index in [1.165, 1.54) is 0 Å². The smallest absolute Gasteiger partial charge is 0.283 e. The van der Waals surface area contributed by atoms with Crippen molar-refractivity contribution in [3.05, 3.63) is 59.7 Å². The number of carbonyl (C=O) groups excluding carboxylic acids is 1. The number of alkyl halides is 2. The van der Waals surface area contributed by atoms with Gasteiger partial charge in [0.2, 0.25) is 15.9 Å². The zero-order valence-electron chi connectivity index (χ0n) is 18.1. The first kappa shape index (κ1) is 23.7. The van der Waals surface area contributed by atoms with Crippen LogP contribution in [0.1, 0.15) is 25.3 Å². The summed E-state index contributed by atoms with van der Waals surface area (Å²) in [6, 6.07) is 6.63. The summed E-state index contributed by atoms with van der Waals surface area (Å²) in [5.74, 6) is -5.39. The number of hydrogen-bond donors (Lipinski definition) is 1. The Bertz CT molecular complexity index is 1180. The van der Waals surface area contributed by atoms with Crippen molar-refractivity contribution in [2.75, 3.05) is 12.8 Å². The lowest BCUT2D eigenvalue weighted by molar-refractivity contribution is -0.138. The molecule has 178 valence electrons. The molecule has 0 spiro atoms. The summed E-state index contributed by atoms with van der Waals surface area (Å²) in [5, 5.41) is 0. The van der Waals surface area contributed by atoms with Crippen molar-refractivity contribution in [2.45, 2.75) is 44.2 Å². The number of nitrogens with zero attached hydrogens (tertiary/aromatic N) is 1. The fourth-order valence-electron chi connectivity index (χ4n) is 4.34. The van der Waals surface area contributed by atoms with E-state index in [1.807, 2.05) is 4.72 Å². The van der Waals surface area contributed by atoms with Gasteiger partial charge in [0, 0.05) is 11.5 Å². The average Bonchev–Trinajstić information content (AvgIpc) is 3.40. The van der Waals surface area contributed by atoms with Gasteiger partial charge in [-0.25, -0.2) is 30.7 Å². The van der Waals surface area contributed by atoms with Crippen LogP contribution in [-0.2, 0) is 21.2 Å². The fourth-order valence-corrected chi connectivity index (χ4v) is 5.13. The first-order chi connectivity index (χ1) is 15.3. The zero-order valence-corrected chi connectivity index (χ0v) is 18.9. The summed E-state index contributed by atoms with van der Waals surface area (Å²) in [5.41, 5.74) is 0.555. The predicted octanol–water partition coefficient (Wildman–Crippen LogP) is 3.74. The molecule has 1 aliphatic carbocycles. The van der Waals surface area contributed by atoms with E-state index in [9.17, 15) is 30.8 Å². The maximum atomic E-state index is 14.9. The monoisotopic (exact) mass is 484 g/mol. The van der Waals surface area contributed by atoms with Crippen LogP contribution in [-0.4, -0.2) is 50.0 Å². The Morgan fingerprint density at radius 2 is 1.73 bits per heavy atom. The quantitative estimate of drug-likeness (QED) is 0.636. The molecule has 1 N–H and O–H groups in total. The van der Waals surface area contributed by atoms with Crippen molar-refractivity contribution in [1.82, 2.24) is 9.62 Å². The molecular formula is C23H24F4N2O3S. The SMILES string of the molecule is CC1(C(=O)N2CC(F)(F)[C@H](NS(C)(=O)=O)[C@@H]2Cc2cccc(-c3cc(F)cc(F)c3)c2)CC1. The second-order valence-corrected chi connectivity index (χ2v) is 11.0. The van der Waals surface area contributed by atoms with Gasteiger partial charge in [0.15, 0.2) is 0 Å². The van der Waals surface area contributed by atoms with Crippen LogP contribution in [0.4, 0.5) is 17.6 Å². The largest absolute Gasteiger partial charge is 0.331 e. The van der Waals surface area contributed by atoms with Gasteiger partial charge in [-0.3, -0.25) is 4.79 Å². The van der Waals surface area contributed by atoms with Gasteiger partial charge >= 0.3 is 0 Å². The van der Waals surface area contributed by atoms with Crippen molar-refractivity contribution in [1.29, 1.82) is 0 Å². The summed E-state index contributed by atoms with van der Waals surface area (Å²) in [7, 11) is -3.98. The second-order valence-electron chi connectivity index (χ2n) is 9.25. The molecule has 1 amide bonds. The van der Waals surface area contributed by atoms with Crippen LogP contribution in [0.15, 0.2) is 42.5 Å². The standard InChI is InChI=1S/C23H24F4N2O3S/c1-22(6-7-22)21(30)29-13-23(26,27)20(28-33(2,31)32)19(29)9-14-4-3-5-15(8-14)16-10-17(24)12-18(25)11-16/h3-5,8,10-12,19-20,28H,6-7,9,13H2,1-2H3/t19-,20+/m0/s1. The third kappa shape index (κ3) is 5.06. The molecule has 1 heterocycles.